The van der Waals surface area contributed by atoms with Gasteiger partial charge in [-0.25, -0.2) is 0 Å². The van der Waals surface area contributed by atoms with Crippen LogP contribution in [0.15, 0.2) is 18.5 Å². The fraction of sp³-hybridized carbons (Fsp3) is 0.571. The average molecular weight is 260 g/mol. The predicted octanol–water partition coefficient (Wildman–Crippen LogP) is 0.972. The number of nitrogens with two attached hydrogens (primary N) is 1. The van der Waals surface area contributed by atoms with Crippen LogP contribution in [0.4, 0.5) is 5.69 Å². The minimum absolute atomic E-state index is 0.0182. The normalized spacial score (nSPS) is 27.3. The third-order valence-corrected chi connectivity index (χ3v) is 4.28. The molecule has 5 nitrogen and oxygen atoms in total. The molecule has 0 saturated carbocycles. The molecule has 0 aromatic carbocycles. The number of carbonyl (C=O) groups is 1. The van der Waals surface area contributed by atoms with Crippen molar-refractivity contribution >= 4 is 11.6 Å². The zero-order chi connectivity index (χ0) is 13.4. The van der Waals surface area contributed by atoms with Gasteiger partial charge in [0, 0.05) is 43.3 Å². The summed E-state index contributed by atoms with van der Waals surface area (Å²) >= 11 is 0. The molecule has 0 spiro atoms. The molecule has 0 radical (unpaired) electrons. The number of aromatic nitrogens is 1. The number of fused-ring (bicyclic) bond motifs is 1. The Bertz CT molecular complexity index is 490. The van der Waals surface area contributed by atoms with E-state index >= 15 is 0 Å². The first-order valence-electron chi connectivity index (χ1n) is 6.91. The van der Waals surface area contributed by atoms with Gasteiger partial charge in [0.25, 0.3) is 5.91 Å². The Kier molecular flexibility index (Phi) is 3.14. The number of anilines is 1. The molecule has 2 saturated heterocycles. The second kappa shape index (κ2) is 4.81. The maximum atomic E-state index is 12.6. The van der Waals surface area contributed by atoms with E-state index in [1.165, 1.54) is 19.4 Å². The van der Waals surface area contributed by atoms with Crippen molar-refractivity contribution in [3.63, 3.8) is 0 Å². The van der Waals surface area contributed by atoms with Gasteiger partial charge in [-0.2, -0.15) is 0 Å². The maximum Gasteiger partial charge on any atom is 0.257 e. The number of pyridine rings is 1. The second-order valence-electron chi connectivity index (χ2n) is 5.56. The highest BCUT2D eigenvalue weighted by Gasteiger charge is 2.37. The van der Waals surface area contributed by atoms with Crippen LogP contribution in [-0.4, -0.2) is 52.4 Å². The lowest BCUT2D eigenvalue weighted by atomic mass is 10.1. The number of rotatable bonds is 1. The van der Waals surface area contributed by atoms with E-state index in [4.69, 9.17) is 5.73 Å². The Morgan fingerprint density at radius 3 is 3.11 bits per heavy atom. The van der Waals surface area contributed by atoms with E-state index in [-0.39, 0.29) is 11.9 Å². The van der Waals surface area contributed by atoms with E-state index in [0.717, 1.165) is 13.1 Å². The smallest absolute Gasteiger partial charge is 0.257 e. The fourth-order valence-electron chi connectivity index (χ4n) is 3.21. The molecule has 2 aliphatic rings. The Labute approximate surface area is 113 Å². The van der Waals surface area contributed by atoms with Crippen molar-refractivity contribution in [2.75, 3.05) is 25.4 Å². The number of nitrogen functional groups attached to an aromatic ring is 1. The molecule has 0 bridgehead atoms. The zero-order valence-electron chi connectivity index (χ0n) is 11.2. The Hall–Kier alpha value is -1.62. The van der Waals surface area contributed by atoms with Crippen molar-refractivity contribution in [1.82, 2.24) is 14.8 Å². The van der Waals surface area contributed by atoms with Crippen molar-refractivity contribution in [3.05, 3.63) is 24.0 Å². The van der Waals surface area contributed by atoms with E-state index in [9.17, 15) is 4.79 Å². The molecule has 2 atom stereocenters. The van der Waals surface area contributed by atoms with Crippen molar-refractivity contribution in [1.29, 1.82) is 0 Å². The summed E-state index contributed by atoms with van der Waals surface area (Å²) in [5.74, 6) is 0.0182. The lowest BCUT2D eigenvalue weighted by molar-refractivity contribution is 0.0396. The summed E-state index contributed by atoms with van der Waals surface area (Å²) < 4.78 is 0. The van der Waals surface area contributed by atoms with Gasteiger partial charge in [0.2, 0.25) is 0 Å². The quantitative estimate of drug-likeness (QED) is 0.817. The highest BCUT2D eigenvalue weighted by atomic mass is 16.2. The number of nitrogens with zero attached hydrogens (tertiary/aromatic N) is 3. The van der Waals surface area contributed by atoms with Crippen LogP contribution >= 0.6 is 0 Å². The molecule has 0 unspecified atom stereocenters. The number of amides is 1. The molecule has 0 aliphatic carbocycles. The van der Waals surface area contributed by atoms with Crippen molar-refractivity contribution in [3.8, 4) is 0 Å². The van der Waals surface area contributed by atoms with Crippen LogP contribution in [0.2, 0.25) is 0 Å². The van der Waals surface area contributed by atoms with E-state index in [1.54, 1.807) is 18.5 Å². The molecule has 1 aromatic rings. The third kappa shape index (κ3) is 2.18. The molecule has 3 rings (SSSR count). The van der Waals surface area contributed by atoms with Crippen LogP contribution in [0, 0.1) is 0 Å². The molecule has 102 valence electrons. The van der Waals surface area contributed by atoms with Gasteiger partial charge in [0.1, 0.15) is 0 Å². The van der Waals surface area contributed by atoms with Gasteiger partial charge in [-0.15, -0.1) is 0 Å². The lowest BCUT2D eigenvalue weighted by Gasteiger charge is -2.42. The molecule has 3 heterocycles. The largest absolute Gasteiger partial charge is 0.398 e. The molecular formula is C14H20N4O. The molecule has 19 heavy (non-hydrogen) atoms. The molecule has 2 N–H and O–H groups in total. The number of hydrogen-bond acceptors (Lipinski definition) is 4. The van der Waals surface area contributed by atoms with Gasteiger partial charge in [0.15, 0.2) is 0 Å². The summed E-state index contributed by atoms with van der Waals surface area (Å²) in [5, 5.41) is 0. The van der Waals surface area contributed by atoms with E-state index in [2.05, 4.69) is 16.8 Å². The van der Waals surface area contributed by atoms with E-state index in [0.29, 0.717) is 17.3 Å². The van der Waals surface area contributed by atoms with Crippen molar-refractivity contribution in [2.24, 2.45) is 0 Å². The minimum atomic E-state index is 0.0182. The van der Waals surface area contributed by atoms with Crippen LogP contribution in [-0.2, 0) is 0 Å². The summed E-state index contributed by atoms with van der Waals surface area (Å²) in [6.07, 6.45) is 5.63. The van der Waals surface area contributed by atoms with E-state index < -0.39 is 0 Å². The molecule has 1 aromatic heterocycles. The fourth-order valence-corrected chi connectivity index (χ4v) is 3.21. The number of hydrogen-bond donors (Lipinski definition) is 1. The summed E-state index contributed by atoms with van der Waals surface area (Å²) in [4.78, 5) is 21.1. The second-order valence-corrected chi connectivity index (χ2v) is 5.56. The number of piperazine rings is 1. The number of carbonyl (C=O) groups excluding carboxylic acids is 1. The average Bonchev–Trinajstić information content (AvgIpc) is 2.84. The summed E-state index contributed by atoms with van der Waals surface area (Å²) in [6, 6.07) is 2.45. The first-order valence-corrected chi connectivity index (χ1v) is 6.91. The van der Waals surface area contributed by atoms with Gasteiger partial charge in [-0.1, -0.05) is 0 Å². The predicted molar refractivity (Wildman–Crippen MR) is 73.7 cm³/mol. The topological polar surface area (TPSA) is 62.5 Å². The van der Waals surface area contributed by atoms with Crippen LogP contribution in [0.5, 0.6) is 0 Å². The van der Waals surface area contributed by atoms with E-state index in [1.807, 2.05) is 4.90 Å². The Balaban J connectivity index is 1.81. The van der Waals surface area contributed by atoms with Gasteiger partial charge in [-0.3, -0.25) is 14.7 Å². The summed E-state index contributed by atoms with van der Waals surface area (Å²) in [5.41, 5.74) is 6.93. The summed E-state index contributed by atoms with van der Waals surface area (Å²) in [6.45, 7) is 5.07. The van der Waals surface area contributed by atoms with Crippen LogP contribution in [0.1, 0.15) is 30.1 Å². The van der Waals surface area contributed by atoms with Crippen LogP contribution in [0.25, 0.3) is 0 Å². The highest BCUT2D eigenvalue weighted by Crippen LogP contribution is 2.26. The molecule has 1 amide bonds. The Morgan fingerprint density at radius 1 is 1.47 bits per heavy atom. The first kappa shape index (κ1) is 12.4. The standard InChI is InChI=1S/C14H20N4O/c1-10-8-17-6-2-3-11(17)9-18(10)14(19)12-7-16-5-4-13(12)15/h4-5,7,10-11H,2-3,6,8-9H2,1H3,(H2,15,16)/t10-,11+/m1/s1. The van der Waals surface area contributed by atoms with Gasteiger partial charge < -0.3 is 10.6 Å². The third-order valence-electron chi connectivity index (χ3n) is 4.28. The maximum absolute atomic E-state index is 12.6. The minimum Gasteiger partial charge on any atom is -0.398 e. The van der Waals surface area contributed by atoms with Crippen LogP contribution < -0.4 is 5.73 Å². The molecule has 5 heteroatoms. The SMILES string of the molecule is C[C@@H]1CN2CCC[C@H]2CN1C(=O)c1cnccc1N. The van der Waals surface area contributed by atoms with Gasteiger partial charge >= 0.3 is 0 Å². The highest BCUT2D eigenvalue weighted by molar-refractivity contribution is 5.99. The molecular weight excluding hydrogens is 240 g/mol. The Morgan fingerprint density at radius 2 is 2.32 bits per heavy atom. The molecule has 2 fully saturated rings. The zero-order valence-corrected chi connectivity index (χ0v) is 11.2. The lowest BCUT2D eigenvalue weighted by Crippen LogP contribution is -2.56. The van der Waals surface area contributed by atoms with Crippen molar-refractivity contribution < 1.29 is 4.79 Å². The van der Waals surface area contributed by atoms with Crippen LogP contribution in [0.3, 0.4) is 0 Å². The first-order chi connectivity index (χ1) is 9.16. The molecule has 2 aliphatic heterocycles. The van der Waals surface area contributed by atoms with Gasteiger partial charge in [-0.05, 0) is 32.4 Å². The van der Waals surface area contributed by atoms with Crippen molar-refractivity contribution in [2.45, 2.75) is 31.8 Å². The summed E-state index contributed by atoms with van der Waals surface area (Å²) in [7, 11) is 0. The monoisotopic (exact) mass is 260 g/mol. The van der Waals surface area contributed by atoms with Gasteiger partial charge in [0.05, 0.1) is 5.56 Å².